The first-order chi connectivity index (χ1) is 16.1. The zero-order chi connectivity index (χ0) is 23.2. The highest BCUT2D eigenvalue weighted by atomic mass is 16.5. The molecule has 1 aliphatic carbocycles. The van der Waals surface area contributed by atoms with Crippen LogP contribution in [0.5, 0.6) is 11.5 Å². The monoisotopic (exact) mass is 450 g/mol. The highest BCUT2D eigenvalue weighted by molar-refractivity contribution is 6.05. The van der Waals surface area contributed by atoms with Crippen molar-refractivity contribution in [3.05, 3.63) is 59.7 Å². The molecule has 1 saturated carbocycles. The molecule has 0 aromatic heterocycles. The van der Waals surface area contributed by atoms with E-state index >= 15 is 0 Å². The number of likely N-dealkylation sites (tertiary alicyclic amines) is 1. The number of benzene rings is 2. The Balaban J connectivity index is 1.26. The second-order valence-corrected chi connectivity index (χ2v) is 8.61. The normalized spacial score (nSPS) is 19.8. The van der Waals surface area contributed by atoms with Crippen molar-refractivity contribution >= 4 is 17.7 Å². The van der Waals surface area contributed by atoms with Gasteiger partial charge >= 0.3 is 0 Å². The van der Waals surface area contributed by atoms with Crippen molar-refractivity contribution in [2.45, 2.75) is 45.3 Å². The molecule has 2 fully saturated rings. The Labute approximate surface area is 194 Å². The number of fused-ring (bicyclic) bond motifs is 1. The standard InChI is InChI=1S/C26H30N2O5/c1-32-23-15-19(11-12-22(23)33-17-18-7-3-2-4-8-18)16-27-24(29)13-14-28-25(30)20-9-5-6-10-21(20)26(28)31/h2-4,7-8,11-12,15,20-21H,5-6,9-10,13-14,16-17H2,1H3,(H,27,29)/t20-,21+. The Hall–Kier alpha value is -3.35. The van der Waals surface area contributed by atoms with Crippen molar-refractivity contribution in [3.8, 4) is 11.5 Å². The molecule has 0 unspecified atom stereocenters. The lowest BCUT2D eigenvalue weighted by Crippen LogP contribution is -2.35. The number of hydrogen-bond acceptors (Lipinski definition) is 5. The Morgan fingerprint density at radius 3 is 2.33 bits per heavy atom. The van der Waals surface area contributed by atoms with Gasteiger partial charge in [0.05, 0.1) is 18.9 Å². The van der Waals surface area contributed by atoms with Gasteiger partial charge in [-0.3, -0.25) is 19.3 Å². The molecule has 7 nitrogen and oxygen atoms in total. The van der Waals surface area contributed by atoms with Crippen molar-refractivity contribution in [1.29, 1.82) is 0 Å². The molecule has 3 amide bonds. The van der Waals surface area contributed by atoms with Gasteiger partial charge in [-0.25, -0.2) is 0 Å². The molecule has 1 N–H and O–H groups in total. The van der Waals surface area contributed by atoms with Crippen molar-refractivity contribution < 1.29 is 23.9 Å². The summed E-state index contributed by atoms with van der Waals surface area (Å²) in [6, 6.07) is 15.4. The maximum Gasteiger partial charge on any atom is 0.233 e. The van der Waals surface area contributed by atoms with Crippen LogP contribution in [-0.2, 0) is 27.5 Å². The maximum atomic E-state index is 12.5. The molecule has 2 aliphatic rings. The van der Waals surface area contributed by atoms with Crippen LogP contribution < -0.4 is 14.8 Å². The fraction of sp³-hybridized carbons (Fsp3) is 0.423. The van der Waals surface area contributed by atoms with Crippen LogP contribution >= 0.6 is 0 Å². The number of methoxy groups -OCH3 is 1. The number of amides is 3. The van der Waals surface area contributed by atoms with E-state index in [0.29, 0.717) is 24.7 Å². The summed E-state index contributed by atoms with van der Waals surface area (Å²) in [5.41, 5.74) is 1.93. The van der Waals surface area contributed by atoms with E-state index < -0.39 is 0 Å². The van der Waals surface area contributed by atoms with E-state index in [4.69, 9.17) is 9.47 Å². The van der Waals surface area contributed by atoms with Crippen LogP contribution in [0, 0.1) is 11.8 Å². The molecule has 0 spiro atoms. The first-order valence-corrected chi connectivity index (χ1v) is 11.5. The largest absolute Gasteiger partial charge is 0.493 e. The van der Waals surface area contributed by atoms with Crippen LogP contribution in [0.4, 0.5) is 0 Å². The Kier molecular flexibility index (Phi) is 7.27. The van der Waals surface area contributed by atoms with E-state index in [1.165, 1.54) is 4.90 Å². The maximum absolute atomic E-state index is 12.5. The summed E-state index contributed by atoms with van der Waals surface area (Å²) in [7, 11) is 1.58. The van der Waals surface area contributed by atoms with Gasteiger partial charge in [0.2, 0.25) is 17.7 Å². The number of rotatable bonds is 9. The topological polar surface area (TPSA) is 84.9 Å². The number of imide groups is 1. The fourth-order valence-corrected chi connectivity index (χ4v) is 4.63. The van der Waals surface area contributed by atoms with Gasteiger partial charge < -0.3 is 14.8 Å². The predicted molar refractivity (Wildman–Crippen MR) is 122 cm³/mol. The van der Waals surface area contributed by atoms with Crippen molar-refractivity contribution in [1.82, 2.24) is 10.2 Å². The van der Waals surface area contributed by atoms with Gasteiger partial charge in [-0.2, -0.15) is 0 Å². The van der Waals surface area contributed by atoms with Gasteiger partial charge in [0.15, 0.2) is 11.5 Å². The van der Waals surface area contributed by atoms with E-state index in [2.05, 4.69) is 5.32 Å². The molecule has 2 aromatic rings. The van der Waals surface area contributed by atoms with E-state index in [1.54, 1.807) is 7.11 Å². The number of ether oxygens (including phenoxy) is 2. The molecule has 174 valence electrons. The molecular weight excluding hydrogens is 420 g/mol. The summed E-state index contributed by atoms with van der Waals surface area (Å²) < 4.78 is 11.3. The van der Waals surface area contributed by atoms with Crippen LogP contribution in [-0.4, -0.2) is 36.3 Å². The second-order valence-electron chi connectivity index (χ2n) is 8.61. The molecule has 33 heavy (non-hydrogen) atoms. The minimum absolute atomic E-state index is 0.103. The van der Waals surface area contributed by atoms with Crippen LogP contribution in [0.1, 0.15) is 43.2 Å². The van der Waals surface area contributed by atoms with Crippen molar-refractivity contribution in [2.24, 2.45) is 11.8 Å². The molecule has 0 bridgehead atoms. The third kappa shape index (κ3) is 5.35. The highest BCUT2D eigenvalue weighted by Crippen LogP contribution is 2.38. The lowest BCUT2D eigenvalue weighted by Gasteiger charge is -2.19. The number of nitrogens with one attached hydrogen (secondary N) is 1. The smallest absolute Gasteiger partial charge is 0.233 e. The summed E-state index contributed by atoms with van der Waals surface area (Å²) in [6.07, 6.45) is 3.66. The van der Waals surface area contributed by atoms with Gasteiger partial charge in [-0.1, -0.05) is 49.2 Å². The molecule has 2 aromatic carbocycles. The van der Waals surface area contributed by atoms with E-state index in [-0.39, 0.29) is 42.5 Å². The minimum atomic E-state index is -0.200. The minimum Gasteiger partial charge on any atom is -0.493 e. The summed E-state index contributed by atoms with van der Waals surface area (Å²) in [4.78, 5) is 38.7. The molecule has 1 heterocycles. The molecule has 7 heteroatoms. The highest BCUT2D eigenvalue weighted by Gasteiger charge is 2.47. The first-order valence-electron chi connectivity index (χ1n) is 11.5. The summed E-state index contributed by atoms with van der Waals surface area (Å²) >= 11 is 0. The molecule has 4 rings (SSSR count). The third-order valence-electron chi connectivity index (χ3n) is 6.45. The van der Waals surface area contributed by atoms with E-state index in [1.807, 2.05) is 48.5 Å². The van der Waals surface area contributed by atoms with Crippen LogP contribution in [0.2, 0.25) is 0 Å². The Bertz CT molecular complexity index is 983. The van der Waals surface area contributed by atoms with Crippen LogP contribution in [0.3, 0.4) is 0 Å². The zero-order valence-electron chi connectivity index (χ0n) is 18.9. The van der Waals surface area contributed by atoms with Crippen LogP contribution in [0.15, 0.2) is 48.5 Å². The Morgan fingerprint density at radius 1 is 0.970 bits per heavy atom. The molecule has 0 radical (unpaired) electrons. The van der Waals surface area contributed by atoms with Gasteiger partial charge in [0.25, 0.3) is 0 Å². The summed E-state index contributed by atoms with van der Waals surface area (Å²) in [6.45, 7) is 0.899. The molecule has 1 saturated heterocycles. The lowest BCUT2D eigenvalue weighted by atomic mass is 9.81. The van der Waals surface area contributed by atoms with Gasteiger partial charge in [-0.15, -0.1) is 0 Å². The van der Waals surface area contributed by atoms with E-state index in [9.17, 15) is 14.4 Å². The Morgan fingerprint density at radius 2 is 1.67 bits per heavy atom. The molecule has 2 atom stereocenters. The second kappa shape index (κ2) is 10.5. The van der Waals surface area contributed by atoms with Gasteiger partial charge in [-0.05, 0) is 36.1 Å². The predicted octanol–water partition coefficient (Wildman–Crippen LogP) is 3.46. The average molecular weight is 451 g/mol. The van der Waals surface area contributed by atoms with E-state index in [0.717, 1.165) is 36.8 Å². The van der Waals surface area contributed by atoms with Gasteiger partial charge in [0.1, 0.15) is 6.61 Å². The van der Waals surface area contributed by atoms with Crippen LogP contribution in [0.25, 0.3) is 0 Å². The summed E-state index contributed by atoms with van der Waals surface area (Å²) in [5, 5.41) is 2.86. The number of hydrogen-bond donors (Lipinski definition) is 1. The third-order valence-corrected chi connectivity index (χ3v) is 6.45. The lowest BCUT2D eigenvalue weighted by molar-refractivity contribution is -0.140. The number of carbonyl (C=O) groups is 3. The molecular formula is C26H30N2O5. The summed E-state index contributed by atoms with van der Waals surface area (Å²) in [5.74, 6) is 0.460. The number of nitrogens with zero attached hydrogens (tertiary/aromatic N) is 1. The SMILES string of the molecule is COc1cc(CNC(=O)CCN2C(=O)[C@H]3CCCC[C@H]3C2=O)ccc1OCc1ccccc1. The molecule has 1 aliphatic heterocycles. The fourth-order valence-electron chi connectivity index (χ4n) is 4.63. The number of carbonyl (C=O) groups excluding carboxylic acids is 3. The quantitative estimate of drug-likeness (QED) is 0.592. The van der Waals surface area contributed by atoms with Crippen molar-refractivity contribution in [2.75, 3.05) is 13.7 Å². The van der Waals surface area contributed by atoms with Gasteiger partial charge in [0, 0.05) is 19.5 Å². The zero-order valence-corrected chi connectivity index (χ0v) is 18.9. The average Bonchev–Trinajstić information content (AvgIpc) is 3.10. The van der Waals surface area contributed by atoms with Crippen molar-refractivity contribution in [3.63, 3.8) is 0 Å². The first kappa shape index (κ1) is 22.8.